The molecule has 30 heavy (non-hydrogen) atoms. The van der Waals surface area contributed by atoms with E-state index >= 15 is 0 Å². The topological polar surface area (TPSA) is 141 Å². The summed E-state index contributed by atoms with van der Waals surface area (Å²) in [5, 5.41) is 11.1. The van der Waals surface area contributed by atoms with E-state index < -0.39 is 61.8 Å². The number of carbonyl (C=O) groups is 4. The normalized spacial score (nSPS) is 30.9. The van der Waals surface area contributed by atoms with Crippen molar-refractivity contribution in [2.75, 3.05) is 6.54 Å². The van der Waals surface area contributed by atoms with Gasteiger partial charge in [-0.25, -0.2) is 13.2 Å². The molecule has 0 saturated carbocycles. The summed E-state index contributed by atoms with van der Waals surface area (Å²) in [7, 11) is -3.74. The summed E-state index contributed by atoms with van der Waals surface area (Å²) in [5.41, 5.74) is 0. The largest absolute Gasteiger partial charge is 0.480 e. The summed E-state index contributed by atoms with van der Waals surface area (Å²) in [5.74, 6) is -3.00. The van der Waals surface area contributed by atoms with Crippen molar-refractivity contribution in [3.8, 4) is 0 Å². The highest BCUT2D eigenvalue weighted by Crippen LogP contribution is 2.45. The van der Waals surface area contributed by atoms with Crippen LogP contribution in [0.3, 0.4) is 0 Å². The lowest BCUT2D eigenvalue weighted by Gasteiger charge is -2.38. The van der Waals surface area contributed by atoms with E-state index in [0.29, 0.717) is 19.3 Å². The summed E-state index contributed by atoms with van der Waals surface area (Å²) in [4.78, 5) is 52.3. The first-order valence-electron chi connectivity index (χ1n) is 10.2. The molecule has 0 aromatic heterocycles. The fourth-order valence-electron chi connectivity index (χ4n) is 4.64. The van der Waals surface area contributed by atoms with Crippen LogP contribution in [0.15, 0.2) is 0 Å². The van der Waals surface area contributed by atoms with E-state index in [4.69, 9.17) is 0 Å². The van der Waals surface area contributed by atoms with Gasteiger partial charge in [-0.1, -0.05) is 20.3 Å². The van der Waals surface area contributed by atoms with Gasteiger partial charge in [-0.2, -0.15) is 0 Å². The molecule has 168 valence electrons. The number of carboxylic acid groups (broad SMARTS) is 1. The van der Waals surface area contributed by atoms with Gasteiger partial charge >= 0.3 is 5.97 Å². The highest BCUT2D eigenvalue weighted by molar-refractivity contribution is 7.93. The van der Waals surface area contributed by atoms with Crippen LogP contribution >= 0.6 is 0 Å². The van der Waals surface area contributed by atoms with Gasteiger partial charge in [0.25, 0.3) is 0 Å². The predicted molar refractivity (Wildman–Crippen MR) is 106 cm³/mol. The predicted octanol–water partition coefficient (Wildman–Crippen LogP) is -0.273. The quantitative estimate of drug-likeness (QED) is 0.538. The van der Waals surface area contributed by atoms with Crippen molar-refractivity contribution < 1.29 is 32.7 Å². The number of nitrogens with one attached hydrogen (secondary N) is 1. The molecule has 0 spiro atoms. The number of aliphatic carboxylic acids is 1. The number of amides is 3. The maximum atomic E-state index is 13.2. The molecule has 3 heterocycles. The SMILES string of the molecule is CCC(C)C(NC(=O)C1N2C(=O)CC2S(=O)(=O)C1(C)C)C(=O)N1CCCC1C(=O)O. The van der Waals surface area contributed by atoms with Gasteiger partial charge in [0.05, 0.1) is 11.2 Å². The zero-order valence-electron chi connectivity index (χ0n) is 17.6. The van der Waals surface area contributed by atoms with Gasteiger partial charge < -0.3 is 20.2 Å². The van der Waals surface area contributed by atoms with Crippen LogP contribution in [0, 0.1) is 5.92 Å². The molecule has 5 unspecified atom stereocenters. The maximum absolute atomic E-state index is 13.2. The molecule has 3 fully saturated rings. The number of β-lactam (4-membered cyclic amide) rings is 1. The minimum absolute atomic E-state index is 0.142. The standard InChI is InChI=1S/C19H29N3O7S/c1-5-10(2)14(17(25)21-8-6-7-11(21)18(26)27)20-16(24)15-19(3,4)30(28,29)13-9-12(23)22(13)15/h10-11,13-15H,5-9H2,1-4H3,(H,20,24)(H,26,27). The van der Waals surface area contributed by atoms with E-state index in [1.165, 1.54) is 18.7 Å². The van der Waals surface area contributed by atoms with E-state index in [9.17, 15) is 32.7 Å². The van der Waals surface area contributed by atoms with E-state index in [-0.39, 0.29) is 18.9 Å². The number of hydrogen-bond donors (Lipinski definition) is 2. The Balaban J connectivity index is 1.87. The molecular formula is C19H29N3O7S. The van der Waals surface area contributed by atoms with Crippen LogP contribution < -0.4 is 5.32 Å². The molecule has 0 bridgehead atoms. The first-order valence-corrected chi connectivity index (χ1v) is 11.8. The van der Waals surface area contributed by atoms with Crippen LogP contribution in [0.1, 0.15) is 53.4 Å². The lowest BCUT2D eigenvalue weighted by molar-refractivity contribution is -0.152. The number of rotatable bonds is 6. The summed E-state index contributed by atoms with van der Waals surface area (Å²) in [6, 6.07) is -3.18. The van der Waals surface area contributed by atoms with Gasteiger partial charge in [-0.15, -0.1) is 0 Å². The van der Waals surface area contributed by atoms with Crippen molar-refractivity contribution in [2.24, 2.45) is 5.92 Å². The highest BCUT2D eigenvalue weighted by atomic mass is 32.2. The Kier molecular flexibility index (Phi) is 5.63. The van der Waals surface area contributed by atoms with Gasteiger partial charge in [0.2, 0.25) is 17.7 Å². The summed E-state index contributed by atoms with van der Waals surface area (Å²) >= 11 is 0. The fourth-order valence-corrected chi connectivity index (χ4v) is 6.77. The van der Waals surface area contributed by atoms with Crippen LogP contribution in [-0.4, -0.2) is 81.8 Å². The first-order chi connectivity index (χ1) is 13.9. The van der Waals surface area contributed by atoms with Crippen LogP contribution in [0.2, 0.25) is 0 Å². The number of sulfone groups is 1. The van der Waals surface area contributed by atoms with E-state index in [2.05, 4.69) is 5.32 Å². The van der Waals surface area contributed by atoms with E-state index in [1.54, 1.807) is 6.92 Å². The third-order valence-corrected chi connectivity index (χ3v) is 9.62. The van der Waals surface area contributed by atoms with Crippen molar-refractivity contribution in [2.45, 2.75) is 81.6 Å². The van der Waals surface area contributed by atoms with Gasteiger partial charge in [0, 0.05) is 6.54 Å². The first kappa shape index (κ1) is 22.5. The molecule has 3 aliphatic heterocycles. The Morgan fingerprint density at radius 2 is 1.93 bits per heavy atom. The van der Waals surface area contributed by atoms with Gasteiger partial charge in [-0.05, 0) is 32.6 Å². The molecule has 11 heteroatoms. The molecule has 0 radical (unpaired) electrons. The molecule has 5 atom stereocenters. The molecule has 10 nitrogen and oxygen atoms in total. The van der Waals surface area contributed by atoms with Gasteiger partial charge in [0.1, 0.15) is 23.5 Å². The zero-order valence-corrected chi connectivity index (χ0v) is 18.4. The molecular weight excluding hydrogens is 414 g/mol. The average Bonchev–Trinajstić information content (AvgIpc) is 3.20. The van der Waals surface area contributed by atoms with Crippen LogP contribution in [0.4, 0.5) is 0 Å². The Bertz CT molecular complexity index is 885. The number of nitrogens with zero attached hydrogens (tertiary/aromatic N) is 2. The smallest absolute Gasteiger partial charge is 0.326 e. The van der Waals surface area contributed by atoms with Crippen molar-refractivity contribution in [1.82, 2.24) is 15.1 Å². The number of hydrogen-bond acceptors (Lipinski definition) is 6. The molecule has 3 saturated heterocycles. The molecule has 3 aliphatic rings. The molecule has 0 aromatic rings. The van der Waals surface area contributed by atoms with Crippen molar-refractivity contribution in [3.05, 3.63) is 0 Å². The summed E-state index contributed by atoms with van der Waals surface area (Å²) in [6.45, 7) is 6.73. The number of likely N-dealkylation sites (tertiary alicyclic amines) is 1. The minimum Gasteiger partial charge on any atom is -0.480 e. The van der Waals surface area contributed by atoms with Crippen molar-refractivity contribution in [3.63, 3.8) is 0 Å². The lowest BCUT2D eigenvalue weighted by atomic mass is 9.94. The van der Waals surface area contributed by atoms with Crippen molar-refractivity contribution in [1.29, 1.82) is 0 Å². The monoisotopic (exact) mass is 443 g/mol. The number of carbonyl (C=O) groups excluding carboxylic acids is 3. The van der Waals surface area contributed by atoms with Gasteiger partial charge in [0.15, 0.2) is 9.84 Å². The minimum atomic E-state index is -3.74. The van der Waals surface area contributed by atoms with Gasteiger partial charge in [-0.3, -0.25) is 14.4 Å². The maximum Gasteiger partial charge on any atom is 0.326 e. The second kappa shape index (κ2) is 7.51. The second-order valence-electron chi connectivity index (χ2n) is 8.91. The van der Waals surface area contributed by atoms with Crippen molar-refractivity contribution >= 4 is 33.5 Å². The molecule has 3 amide bonds. The van der Waals surface area contributed by atoms with Crippen LogP contribution in [-0.2, 0) is 29.0 Å². The Hall–Kier alpha value is -2.17. The molecule has 0 aliphatic carbocycles. The third-order valence-electron chi connectivity index (χ3n) is 6.82. The average molecular weight is 444 g/mol. The Morgan fingerprint density at radius 1 is 1.30 bits per heavy atom. The zero-order chi connectivity index (χ0) is 22.6. The fraction of sp³-hybridized carbons (Fsp3) is 0.789. The second-order valence-corrected chi connectivity index (χ2v) is 11.6. The summed E-state index contributed by atoms with van der Waals surface area (Å²) in [6.07, 6.45) is 1.30. The Morgan fingerprint density at radius 3 is 2.47 bits per heavy atom. The van der Waals surface area contributed by atoms with E-state index in [1.807, 2.05) is 6.92 Å². The van der Waals surface area contributed by atoms with Crippen LogP contribution in [0.25, 0.3) is 0 Å². The summed E-state index contributed by atoms with van der Waals surface area (Å²) < 4.78 is 24.0. The molecule has 0 aromatic carbocycles. The van der Waals surface area contributed by atoms with E-state index in [0.717, 1.165) is 4.90 Å². The number of carboxylic acids is 1. The molecule has 3 rings (SSSR count). The third kappa shape index (κ3) is 3.17. The Labute approximate surface area is 175 Å². The molecule has 2 N–H and O–H groups in total. The van der Waals surface area contributed by atoms with Crippen LogP contribution in [0.5, 0.6) is 0 Å². The lowest BCUT2D eigenvalue weighted by Crippen LogP contribution is -2.63. The highest BCUT2D eigenvalue weighted by Gasteiger charge is 2.67. The number of fused-ring (bicyclic) bond motifs is 1.